The molecule has 30 heavy (non-hydrogen) atoms. The number of carbonyl (C=O) groups excluding carboxylic acids is 2. The number of benzene rings is 1. The quantitative estimate of drug-likeness (QED) is 0.847. The molecule has 6 nitrogen and oxygen atoms in total. The molecule has 2 amide bonds. The van der Waals surface area contributed by atoms with Crippen LogP contribution in [0.2, 0.25) is 0 Å². The Hall–Kier alpha value is -2.34. The van der Waals surface area contributed by atoms with E-state index in [4.69, 9.17) is 4.74 Å². The van der Waals surface area contributed by atoms with Crippen LogP contribution in [0.15, 0.2) is 30.5 Å². The first-order chi connectivity index (χ1) is 14.7. The zero-order valence-corrected chi connectivity index (χ0v) is 17.6. The summed E-state index contributed by atoms with van der Waals surface area (Å²) in [4.78, 5) is 34.5. The molecular formula is C24H31N3O3. The molecule has 0 saturated carbocycles. The van der Waals surface area contributed by atoms with Crippen LogP contribution in [0.3, 0.4) is 0 Å². The number of piperidine rings is 1. The number of ether oxygens (including phenoxy) is 1. The molecule has 1 aromatic heterocycles. The third-order valence-electron chi connectivity index (χ3n) is 7.44. The number of nitrogens with zero attached hydrogens (tertiary/aromatic N) is 2. The number of hydrogen-bond acceptors (Lipinski definition) is 3. The SMILES string of the molecule is O=C(C1N(C(=O)Cc2c[nH]c3ccccc23)CCCC12CCOCC2)N1CCCC1. The van der Waals surface area contributed by atoms with Crippen molar-refractivity contribution >= 4 is 22.7 Å². The molecule has 1 N–H and O–H groups in total. The van der Waals surface area contributed by atoms with Gasteiger partial charge in [0.05, 0.1) is 6.42 Å². The minimum atomic E-state index is -0.342. The van der Waals surface area contributed by atoms with E-state index >= 15 is 0 Å². The van der Waals surface area contributed by atoms with E-state index in [9.17, 15) is 9.59 Å². The molecule has 5 rings (SSSR count). The molecule has 1 atom stereocenters. The van der Waals surface area contributed by atoms with Gasteiger partial charge in [0, 0.05) is 55.4 Å². The molecule has 160 valence electrons. The number of aromatic nitrogens is 1. The van der Waals surface area contributed by atoms with Crippen LogP contribution in [0.5, 0.6) is 0 Å². The molecule has 0 radical (unpaired) electrons. The van der Waals surface area contributed by atoms with Gasteiger partial charge in [-0.15, -0.1) is 0 Å². The highest BCUT2D eigenvalue weighted by Crippen LogP contribution is 2.45. The summed E-state index contributed by atoms with van der Waals surface area (Å²) < 4.78 is 5.65. The highest BCUT2D eigenvalue weighted by molar-refractivity contribution is 5.92. The Kier molecular flexibility index (Phi) is 5.27. The largest absolute Gasteiger partial charge is 0.381 e. The van der Waals surface area contributed by atoms with E-state index in [0.29, 0.717) is 26.2 Å². The smallest absolute Gasteiger partial charge is 0.245 e. The third kappa shape index (κ3) is 3.41. The van der Waals surface area contributed by atoms with Gasteiger partial charge >= 0.3 is 0 Å². The normalized spacial score (nSPS) is 23.9. The number of likely N-dealkylation sites (tertiary alicyclic amines) is 2. The lowest BCUT2D eigenvalue weighted by Gasteiger charge is -2.51. The lowest BCUT2D eigenvalue weighted by molar-refractivity contribution is -0.160. The molecule has 1 spiro atoms. The number of H-pyrrole nitrogens is 1. The van der Waals surface area contributed by atoms with Gasteiger partial charge in [0.1, 0.15) is 6.04 Å². The first-order valence-electron chi connectivity index (χ1n) is 11.4. The molecule has 1 aromatic carbocycles. The molecule has 2 aromatic rings. The van der Waals surface area contributed by atoms with Gasteiger partial charge < -0.3 is 19.5 Å². The van der Waals surface area contributed by atoms with Crippen LogP contribution in [0, 0.1) is 5.41 Å². The summed E-state index contributed by atoms with van der Waals surface area (Å²) in [5, 5.41) is 1.09. The minimum absolute atomic E-state index is 0.0721. The van der Waals surface area contributed by atoms with Crippen LogP contribution in [-0.2, 0) is 20.7 Å². The van der Waals surface area contributed by atoms with Crippen molar-refractivity contribution in [2.75, 3.05) is 32.8 Å². The highest BCUT2D eigenvalue weighted by Gasteiger charge is 2.51. The Morgan fingerprint density at radius 3 is 2.60 bits per heavy atom. The van der Waals surface area contributed by atoms with E-state index < -0.39 is 0 Å². The Labute approximate surface area is 177 Å². The molecule has 6 heteroatoms. The molecule has 1 unspecified atom stereocenters. The number of carbonyl (C=O) groups is 2. The maximum atomic E-state index is 13.7. The van der Waals surface area contributed by atoms with Crippen LogP contribution in [0.25, 0.3) is 10.9 Å². The first kappa shape index (κ1) is 19.6. The van der Waals surface area contributed by atoms with Gasteiger partial charge in [-0.2, -0.15) is 0 Å². The summed E-state index contributed by atoms with van der Waals surface area (Å²) in [6, 6.07) is 7.74. The number of amides is 2. The molecule has 0 aliphatic carbocycles. The van der Waals surface area contributed by atoms with Crippen molar-refractivity contribution in [1.29, 1.82) is 0 Å². The second-order valence-electron chi connectivity index (χ2n) is 9.14. The Morgan fingerprint density at radius 2 is 1.80 bits per heavy atom. The Balaban J connectivity index is 1.44. The summed E-state index contributed by atoms with van der Waals surface area (Å²) in [6.45, 7) is 3.70. The monoisotopic (exact) mass is 409 g/mol. The fraction of sp³-hybridized carbons (Fsp3) is 0.583. The van der Waals surface area contributed by atoms with Gasteiger partial charge in [-0.25, -0.2) is 0 Å². The number of para-hydroxylation sites is 1. The van der Waals surface area contributed by atoms with E-state index in [1.807, 2.05) is 34.2 Å². The predicted molar refractivity (Wildman–Crippen MR) is 115 cm³/mol. The first-order valence-corrected chi connectivity index (χ1v) is 11.4. The maximum absolute atomic E-state index is 13.7. The van der Waals surface area contributed by atoms with Crippen LogP contribution in [-0.4, -0.2) is 65.5 Å². The fourth-order valence-corrected chi connectivity index (χ4v) is 5.82. The van der Waals surface area contributed by atoms with E-state index in [-0.39, 0.29) is 23.3 Å². The van der Waals surface area contributed by atoms with Crippen molar-refractivity contribution in [3.05, 3.63) is 36.0 Å². The molecule has 3 fully saturated rings. The summed E-state index contributed by atoms with van der Waals surface area (Å²) in [5.74, 6) is 0.240. The van der Waals surface area contributed by atoms with Crippen LogP contribution >= 0.6 is 0 Å². The fourth-order valence-electron chi connectivity index (χ4n) is 5.82. The average molecular weight is 410 g/mol. The summed E-state index contributed by atoms with van der Waals surface area (Å²) in [6.07, 6.45) is 8.12. The number of fused-ring (bicyclic) bond motifs is 1. The van der Waals surface area contributed by atoms with Gasteiger partial charge in [-0.05, 0) is 50.2 Å². The Bertz CT molecular complexity index is 919. The summed E-state index contributed by atoms with van der Waals surface area (Å²) in [5.41, 5.74) is 1.92. The highest BCUT2D eigenvalue weighted by atomic mass is 16.5. The maximum Gasteiger partial charge on any atom is 0.245 e. The predicted octanol–water partition coefficient (Wildman–Crippen LogP) is 3.12. The van der Waals surface area contributed by atoms with Crippen LogP contribution < -0.4 is 0 Å². The van der Waals surface area contributed by atoms with Crippen molar-refractivity contribution in [3.8, 4) is 0 Å². The number of hydrogen-bond donors (Lipinski definition) is 1. The molecule has 4 heterocycles. The standard InChI is InChI=1S/C24H31N3O3/c28-21(16-18-17-25-20-7-2-1-6-19(18)20)27-13-5-8-24(9-14-30-15-10-24)22(27)23(29)26-11-3-4-12-26/h1-2,6-7,17,22,25H,3-5,8-16H2. The Morgan fingerprint density at radius 1 is 1.03 bits per heavy atom. The van der Waals surface area contributed by atoms with E-state index in [0.717, 1.165) is 68.1 Å². The molecule has 3 aliphatic heterocycles. The molecule has 3 saturated heterocycles. The minimum Gasteiger partial charge on any atom is -0.381 e. The van der Waals surface area contributed by atoms with Crippen molar-refractivity contribution in [2.45, 2.75) is 51.0 Å². The number of nitrogens with one attached hydrogen (secondary N) is 1. The van der Waals surface area contributed by atoms with E-state index in [2.05, 4.69) is 11.1 Å². The second kappa shape index (κ2) is 8.06. The van der Waals surface area contributed by atoms with E-state index in [1.165, 1.54) is 0 Å². The summed E-state index contributed by atoms with van der Waals surface area (Å²) >= 11 is 0. The number of aromatic amines is 1. The molecule has 0 bridgehead atoms. The van der Waals surface area contributed by atoms with Gasteiger partial charge in [-0.3, -0.25) is 9.59 Å². The van der Waals surface area contributed by atoms with Crippen LogP contribution in [0.4, 0.5) is 0 Å². The zero-order chi connectivity index (χ0) is 20.6. The summed E-state index contributed by atoms with van der Waals surface area (Å²) in [7, 11) is 0. The van der Waals surface area contributed by atoms with Gasteiger partial charge in [0.2, 0.25) is 11.8 Å². The van der Waals surface area contributed by atoms with Crippen LogP contribution in [0.1, 0.15) is 44.1 Å². The van der Waals surface area contributed by atoms with Crippen molar-refractivity contribution in [3.63, 3.8) is 0 Å². The van der Waals surface area contributed by atoms with Gasteiger partial charge in [0.15, 0.2) is 0 Å². The van der Waals surface area contributed by atoms with E-state index in [1.54, 1.807) is 0 Å². The lowest BCUT2D eigenvalue weighted by Crippen LogP contribution is -2.62. The van der Waals surface area contributed by atoms with Crippen molar-refractivity contribution in [2.24, 2.45) is 5.41 Å². The molecular weight excluding hydrogens is 378 g/mol. The average Bonchev–Trinajstić information content (AvgIpc) is 3.44. The van der Waals surface area contributed by atoms with Gasteiger partial charge in [0.25, 0.3) is 0 Å². The van der Waals surface area contributed by atoms with Gasteiger partial charge in [-0.1, -0.05) is 18.2 Å². The molecule has 3 aliphatic rings. The lowest BCUT2D eigenvalue weighted by atomic mass is 9.67. The van der Waals surface area contributed by atoms with Crippen molar-refractivity contribution < 1.29 is 14.3 Å². The van der Waals surface area contributed by atoms with Crippen molar-refractivity contribution in [1.82, 2.24) is 14.8 Å². The number of rotatable bonds is 3. The zero-order valence-electron chi connectivity index (χ0n) is 17.6. The topological polar surface area (TPSA) is 65.6 Å². The second-order valence-corrected chi connectivity index (χ2v) is 9.14. The third-order valence-corrected chi connectivity index (χ3v) is 7.44.